The van der Waals surface area contributed by atoms with Gasteiger partial charge in [0.05, 0.1) is 25.6 Å². The third-order valence-electron chi connectivity index (χ3n) is 3.87. The van der Waals surface area contributed by atoms with Crippen LogP contribution < -0.4 is 10.1 Å². The fourth-order valence-corrected chi connectivity index (χ4v) is 2.51. The van der Waals surface area contributed by atoms with Gasteiger partial charge < -0.3 is 14.5 Å². The molecule has 3 aromatic heterocycles. The first-order valence-electron chi connectivity index (χ1n) is 7.92. The van der Waals surface area contributed by atoms with E-state index in [1.807, 2.05) is 36.4 Å². The first-order chi connectivity index (χ1) is 12.7. The van der Waals surface area contributed by atoms with Crippen molar-refractivity contribution < 1.29 is 13.9 Å². The molecular formula is C18H15N5O3. The van der Waals surface area contributed by atoms with E-state index >= 15 is 0 Å². The SMILES string of the molecule is COc1ccc(-c2ccc3nnc(CNC(=O)c4ccco4)n3n2)cc1. The summed E-state index contributed by atoms with van der Waals surface area (Å²) in [6, 6.07) is 14.6. The molecule has 0 saturated carbocycles. The van der Waals surface area contributed by atoms with Crippen molar-refractivity contribution in [1.82, 2.24) is 25.1 Å². The molecule has 0 aliphatic rings. The van der Waals surface area contributed by atoms with Crippen molar-refractivity contribution in [3.63, 3.8) is 0 Å². The molecule has 130 valence electrons. The van der Waals surface area contributed by atoms with E-state index in [0.29, 0.717) is 11.5 Å². The molecule has 8 nitrogen and oxygen atoms in total. The maximum Gasteiger partial charge on any atom is 0.287 e. The molecule has 1 aromatic carbocycles. The largest absolute Gasteiger partial charge is 0.497 e. The minimum absolute atomic E-state index is 0.180. The van der Waals surface area contributed by atoms with E-state index in [-0.39, 0.29) is 18.2 Å². The number of ether oxygens (including phenoxy) is 1. The highest BCUT2D eigenvalue weighted by Gasteiger charge is 2.12. The molecule has 0 saturated heterocycles. The molecule has 0 fully saturated rings. The molecule has 4 aromatic rings. The Morgan fingerprint density at radius 3 is 2.73 bits per heavy atom. The number of furan rings is 1. The molecule has 0 bridgehead atoms. The maximum atomic E-state index is 12.0. The lowest BCUT2D eigenvalue weighted by molar-refractivity contribution is 0.0922. The second-order valence-electron chi connectivity index (χ2n) is 5.49. The minimum atomic E-state index is -0.321. The Balaban J connectivity index is 1.59. The number of carbonyl (C=O) groups is 1. The van der Waals surface area contributed by atoms with Crippen molar-refractivity contribution in [1.29, 1.82) is 0 Å². The van der Waals surface area contributed by atoms with Crippen LogP contribution in [-0.4, -0.2) is 32.8 Å². The van der Waals surface area contributed by atoms with Crippen LogP contribution in [-0.2, 0) is 6.54 Å². The zero-order valence-corrected chi connectivity index (χ0v) is 13.9. The molecule has 0 aliphatic carbocycles. The third kappa shape index (κ3) is 3.00. The molecular weight excluding hydrogens is 334 g/mol. The standard InChI is InChI=1S/C18H15N5O3/c1-25-13-6-4-12(5-7-13)14-8-9-16-20-21-17(23(16)22-14)11-19-18(24)15-3-2-10-26-15/h2-10H,11H2,1H3,(H,19,24). The van der Waals surface area contributed by atoms with Crippen LogP contribution in [0.3, 0.4) is 0 Å². The highest BCUT2D eigenvalue weighted by Crippen LogP contribution is 2.20. The first-order valence-corrected chi connectivity index (χ1v) is 7.92. The summed E-state index contributed by atoms with van der Waals surface area (Å²) in [6.07, 6.45) is 1.45. The van der Waals surface area contributed by atoms with Crippen molar-refractivity contribution >= 4 is 11.6 Å². The van der Waals surface area contributed by atoms with Crippen LogP contribution in [0, 0.1) is 0 Å². The lowest BCUT2D eigenvalue weighted by Crippen LogP contribution is -2.23. The van der Waals surface area contributed by atoms with Gasteiger partial charge >= 0.3 is 0 Å². The highest BCUT2D eigenvalue weighted by atomic mass is 16.5. The fraction of sp³-hybridized carbons (Fsp3) is 0.111. The molecule has 0 radical (unpaired) electrons. The zero-order valence-electron chi connectivity index (χ0n) is 13.9. The van der Waals surface area contributed by atoms with E-state index in [0.717, 1.165) is 17.0 Å². The predicted octanol–water partition coefficient (Wildman–Crippen LogP) is 2.32. The van der Waals surface area contributed by atoms with Gasteiger partial charge in [0, 0.05) is 5.56 Å². The van der Waals surface area contributed by atoms with Gasteiger partial charge in [0.25, 0.3) is 5.91 Å². The molecule has 26 heavy (non-hydrogen) atoms. The van der Waals surface area contributed by atoms with Crippen molar-refractivity contribution in [3.8, 4) is 17.0 Å². The van der Waals surface area contributed by atoms with E-state index in [9.17, 15) is 4.79 Å². The molecule has 0 unspecified atom stereocenters. The Labute approximate surface area is 148 Å². The Bertz CT molecular complexity index is 1040. The molecule has 1 N–H and O–H groups in total. The van der Waals surface area contributed by atoms with Crippen molar-refractivity contribution in [2.45, 2.75) is 6.54 Å². The van der Waals surface area contributed by atoms with E-state index in [1.54, 1.807) is 23.8 Å². The van der Waals surface area contributed by atoms with Crippen molar-refractivity contribution in [3.05, 3.63) is 66.4 Å². The van der Waals surface area contributed by atoms with E-state index in [1.165, 1.54) is 6.26 Å². The second-order valence-corrected chi connectivity index (χ2v) is 5.49. The van der Waals surface area contributed by atoms with Gasteiger partial charge in [-0.1, -0.05) is 0 Å². The van der Waals surface area contributed by atoms with E-state index < -0.39 is 0 Å². The van der Waals surface area contributed by atoms with E-state index in [2.05, 4.69) is 20.6 Å². The van der Waals surface area contributed by atoms with Gasteiger partial charge in [-0.05, 0) is 48.5 Å². The number of methoxy groups -OCH3 is 1. The summed E-state index contributed by atoms with van der Waals surface area (Å²) >= 11 is 0. The quantitative estimate of drug-likeness (QED) is 0.594. The van der Waals surface area contributed by atoms with Crippen LogP contribution in [0.1, 0.15) is 16.4 Å². The molecule has 0 spiro atoms. The zero-order chi connectivity index (χ0) is 17.9. The summed E-state index contributed by atoms with van der Waals surface area (Å²) in [6.45, 7) is 0.180. The summed E-state index contributed by atoms with van der Waals surface area (Å²) in [7, 11) is 1.62. The van der Waals surface area contributed by atoms with Gasteiger partial charge in [-0.25, -0.2) is 0 Å². The lowest BCUT2D eigenvalue weighted by Gasteiger charge is -2.05. The molecule has 8 heteroatoms. The Hall–Kier alpha value is -3.68. The number of amides is 1. The number of hydrogen-bond donors (Lipinski definition) is 1. The Morgan fingerprint density at radius 1 is 1.15 bits per heavy atom. The normalized spacial score (nSPS) is 10.8. The average Bonchev–Trinajstić information content (AvgIpc) is 3.36. The molecule has 3 heterocycles. The molecule has 4 rings (SSSR count). The number of nitrogens with one attached hydrogen (secondary N) is 1. The summed E-state index contributed by atoms with van der Waals surface area (Å²) < 4.78 is 11.9. The molecule has 0 atom stereocenters. The van der Waals surface area contributed by atoms with Gasteiger partial charge in [0.1, 0.15) is 5.75 Å². The summed E-state index contributed by atoms with van der Waals surface area (Å²) in [5.74, 6) is 1.22. The topological polar surface area (TPSA) is 94.6 Å². The minimum Gasteiger partial charge on any atom is -0.497 e. The van der Waals surface area contributed by atoms with Gasteiger partial charge in [0.15, 0.2) is 17.2 Å². The monoisotopic (exact) mass is 349 g/mol. The number of aromatic nitrogens is 4. The van der Waals surface area contributed by atoms with Gasteiger partial charge in [-0.3, -0.25) is 4.79 Å². The Kier molecular flexibility index (Phi) is 4.06. The number of rotatable bonds is 5. The second kappa shape index (κ2) is 6.67. The predicted molar refractivity (Wildman–Crippen MR) is 92.6 cm³/mol. The van der Waals surface area contributed by atoms with Crippen LogP contribution >= 0.6 is 0 Å². The van der Waals surface area contributed by atoms with Crippen LogP contribution in [0.2, 0.25) is 0 Å². The van der Waals surface area contributed by atoms with Gasteiger partial charge in [-0.15, -0.1) is 10.2 Å². The van der Waals surface area contributed by atoms with Gasteiger partial charge in [0.2, 0.25) is 0 Å². The lowest BCUT2D eigenvalue weighted by atomic mass is 10.1. The summed E-state index contributed by atoms with van der Waals surface area (Å²) in [4.78, 5) is 12.0. The summed E-state index contributed by atoms with van der Waals surface area (Å²) in [5, 5.41) is 15.5. The van der Waals surface area contributed by atoms with Crippen molar-refractivity contribution in [2.75, 3.05) is 7.11 Å². The first kappa shape index (κ1) is 15.8. The number of fused-ring (bicyclic) bond motifs is 1. The number of hydrogen-bond acceptors (Lipinski definition) is 6. The Morgan fingerprint density at radius 2 is 2.00 bits per heavy atom. The number of nitrogens with zero attached hydrogens (tertiary/aromatic N) is 4. The average molecular weight is 349 g/mol. The maximum absolute atomic E-state index is 12.0. The molecule has 0 aliphatic heterocycles. The summed E-state index contributed by atoms with van der Waals surface area (Å²) in [5.41, 5.74) is 2.30. The van der Waals surface area contributed by atoms with Crippen LogP contribution in [0.5, 0.6) is 5.75 Å². The highest BCUT2D eigenvalue weighted by molar-refractivity contribution is 5.91. The number of carbonyl (C=O) groups excluding carboxylic acids is 1. The fourth-order valence-electron chi connectivity index (χ4n) is 2.51. The van der Waals surface area contributed by atoms with Crippen LogP contribution in [0.15, 0.2) is 59.2 Å². The van der Waals surface area contributed by atoms with Gasteiger partial charge in [-0.2, -0.15) is 9.61 Å². The third-order valence-corrected chi connectivity index (χ3v) is 3.87. The number of benzene rings is 1. The van der Waals surface area contributed by atoms with Crippen LogP contribution in [0.4, 0.5) is 0 Å². The van der Waals surface area contributed by atoms with E-state index in [4.69, 9.17) is 9.15 Å². The van der Waals surface area contributed by atoms with Crippen molar-refractivity contribution in [2.24, 2.45) is 0 Å². The van der Waals surface area contributed by atoms with Crippen LogP contribution in [0.25, 0.3) is 16.9 Å². The smallest absolute Gasteiger partial charge is 0.287 e. The molecule has 1 amide bonds.